The van der Waals surface area contributed by atoms with Crippen LogP contribution in [0.4, 0.5) is 0 Å². The maximum absolute atomic E-state index is 12.3. The summed E-state index contributed by atoms with van der Waals surface area (Å²) >= 11 is 0. The van der Waals surface area contributed by atoms with E-state index in [1.807, 2.05) is 6.07 Å². The Balaban J connectivity index is 2.59. The summed E-state index contributed by atoms with van der Waals surface area (Å²) in [5.41, 5.74) is 0.261. The Morgan fingerprint density at radius 1 is 1.12 bits per heavy atom. The summed E-state index contributed by atoms with van der Waals surface area (Å²) in [6, 6.07) is 10.4. The van der Waals surface area contributed by atoms with Crippen LogP contribution in [0.2, 0.25) is 0 Å². The van der Waals surface area contributed by atoms with Crippen LogP contribution in [0.15, 0.2) is 42.7 Å². The lowest BCUT2D eigenvalue weighted by Crippen LogP contribution is -2.23. The van der Waals surface area contributed by atoms with Gasteiger partial charge in [-0.05, 0) is 49.2 Å². The summed E-state index contributed by atoms with van der Waals surface area (Å²) < 4.78 is 10.3. The van der Waals surface area contributed by atoms with Gasteiger partial charge in [0.1, 0.15) is 11.2 Å². The Labute approximate surface area is 140 Å². The molecule has 126 valence electrons. The van der Waals surface area contributed by atoms with Gasteiger partial charge >= 0.3 is 11.9 Å². The van der Waals surface area contributed by atoms with Crippen molar-refractivity contribution >= 4 is 28.3 Å². The summed E-state index contributed by atoms with van der Waals surface area (Å²) in [7, 11) is 1.39. The SMILES string of the molecule is COC=C(C(=O)O)c1cccc2ccc(C(=O)OC(C)(C)C)cc12. The van der Waals surface area contributed by atoms with E-state index < -0.39 is 17.5 Å². The molecule has 0 heterocycles. The summed E-state index contributed by atoms with van der Waals surface area (Å²) in [4.78, 5) is 23.8. The van der Waals surface area contributed by atoms with Gasteiger partial charge in [-0.15, -0.1) is 0 Å². The number of carbonyl (C=O) groups is 2. The second-order valence-corrected chi connectivity index (χ2v) is 6.32. The molecule has 0 unspecified atom stereocenters. The van der Waals surface area contributed by atoms with Crippen molar-refractivity contribution in [2.75, 3.05) is 7.11 Å². The number of esters is 1. The van der Waals surface area contributed by atoms with E-state index in [0.717, 1.165) is 5.39 Å². The van der Waals surface area contributed by atoms with E-state index in [1.165, 1.54) is 13.4 Å². The van der Waals surface area contributed by atoms with Crippen LogP contribution in [0.1, 0.15) is 36.7 Å². The minimum atomic E-state index is -1.10. The highest BCUT2D eigenvalue weighted by molar-refractivity contribution is 6.19. The van der Waals surface area contributed by atoms with Crippen molar-refractivity contribution in [3.8, 4) is 0 Å². The van der Waals surface area contributed by atoms with Crippen molar-refractivity contribution in [3.63, 3.8) is 0 Å². The Kier molecular flexibility index (Phi) is 4.93. The maximum atomic E-state index is 12.3. The highest BCUT2D eigenvalue weighted by atomic mass is 16.6. The van der Waals surface area contributed by atoms with Crippen LogP contribution in [0.25, 0.3) is 16.3 Å². The van der Waals surface area contributed by atoms with Gasteiger partial charge in [0.2, 0.25) is 0 Å². The van der Waals surface area contributed by atoms with Crippen molar-refractivity contribution in [1.82, 2.24) is 0 Å². The number of hydrogen-bond acceptors (Lipinski definition) is 4. The third-order valence-corrected chi connectivity index (χ3v) is 3.27. The first-order valence-electron chi connectivity index (χ1n) is 7.45. The largest absolute Gasteiger partial charge is 0.503 e. The molecule has 0 atom stereocenters. The van der Waals surface area contributed by atoms with Crippen molar-refractivity contribution in [3.05, 3.63) is 53.8 Å². The highest BCUT2D eigenvalue weighted by Gasteiger charge is 2.19. The van der Waals surface area contributed by atoms with Crippen LogP contribution in [0, 0.1) is 0 Å². The van der Waals surface area contributed by atoms with E-state index in [2.05, 4.69) is 0 Å². The average Bonchev–Trinajstić information content (AvgIpc) is 2.49. The number of carboxylic acids is 1. The topological polar surface area (TPSA) is 72.8 Å². The summed E-state index contributed by atoms with van der Waals surface area (Å²) in [5, 5.41) is 10.9. The minimum Gasteiger partial charge on any atom is -0.503 e. The third kappa shape index (κ3) is 3.93. The fraction of sp³-hybridized carbons (Fsp3) is 0.263. The van der Waals surface area contributed by atoms with Gasteiger partial charge in [0.15, 0.2) is 0 Å². The fourth-order valence-corrected chi connectivity index (χ4v) is 2.32. The molecule has 0 spiro atoms. The van der Waals surface area contributed by atoms with Crippen LogP contribution in [0.5, 0.6) is 0 Å². The Morgan fingerprint density at radius 3 is 2.42 bits per heavy atom. The minimum absolute atomic E-state index is 0.0180. The molecule has 0 aliphatic carbocycles. The zero-order valence-corrected chi connectivity index (χ0v) is 14.1. The van der Waals surface area contributed by atoms with E-state index in [4.69, 9.17) is 9.47 Å². The smallest absolute Gasteiger partial charge is 0.339 e. The molecular weight excluding hydrogens is 308 g/mol. The average molecular weight is 328 g/mol. The van der Waals surface area contributed by atoms with E-state index in [-0.39, 0.29) is 5.57 Å². The molecule has 0 aliphatic rings. The van der Waals surface area contributed by atoms with Crippen LogP contribution in [-0.4, -0.2) is 29.8 Å². The molecule has 0 aromatic heterocycles. The zero-order valence-electron chi connectivity index (χ0n) is 14.1. The van der Waals surface area contributed by atoms with Gasteiger partial charge in [0.25, 0.3) is 0 Å². The van der Waals surface area contributed by atoms with Gasteiger partial charge in [0.05, 0.1) is 18.9 Å². The van der Waals surface area contributed by atoms with Crippen LogP contribution in [-0.2, 0) is 14.3 Å². The first-order chi connectivity index (χ1) is 11.2. The molecule has 2 aromatic rings. The van der Waals surface area contributed by atoms with Crippen LogP contribution >= 0.6 is 0 Å². The standard InChI is InChI=1S/C19H20O5/c1-19(2,3)24-18(22)13-9-8-12-6-5-7-14(15(12)10-13)16(11-23-4)17(20)21/h5-11H,1-4H3,(H,20,21). The number of aliphatic carboxylic acids is 1. The molecule has 24 heavy (non-hydrogen) atoms. The molecular formula is C19H20O5. The number of carbonyl (C=O) groups excluding carboxylic acids is 1. The molecule has 0 amide bonds. The predicted octanol–water partition coefficient (Wildman–Crippen LogP) is 3.87. The van der Waals surface area contributed by atoms with Gasteiger partial charge in [-0.3, -0.25) is 0 Å². The Morgan fingerprint density at radius 2 is 1.83 bits per heavy atom. The van der Waals surface area contributed by atoms with Crippen LogP contribution in [0.3, 0.4) is 0 Å². The predicted molar refractivity (Wildman–Crippen MR) is 91.7 cm³/mol. The molecule has 2 rings (SSSR count). The van der Waals surface area contributed by atoms with Gasteiger partial charge in [-0.25, -0.2) is 9.59 Å². The maximum Gasteiger partial charge on any atom is 0.339 e. The molecule has 0 saturated carbocycles. The van der Waals surface area contributed by atoms with Crippen molar-refractivity contribution in [2.45, 2.75) is 26.4 Å². The van der Waals surface area contributed by atoms with E-state index >= 15 is 0 Å². The lowest BCUT2D eigenvalue weighted by molar-refractivity contribution is -0.130. The monoisotopic (exact) mass is 328 g/mol. The molecule has 0 aliphatic heterocycles. The highest BCUT2D eigenvalue weighted by Crippen LogP contribution is 2.27. The molecule has 0 fully saturated rings. The lowest BCUT2D eigenvalue weighted by atomic mass is 9.97. The number of rotatable bonds is 4. The summed E-state index contributed by atoms with van der Waals surface area (Å²) in [5.74, 6) is -1.56. The van der Waals surface area contributed by atoms with Crippen molar-refractivity contribution in [2.24, 2.45) is 0 Å². The van der Waals surface area contributed by atoms with Crippen molar-refractivity contribution in [1.29, 1.82) is 0 Å². The van der Waals surface area contributed by atoms with Gasteiger partial charge in [-0.2, -0.15) is 0 Å². The number of benzene rings is 2. The number of carboxylic acid groups (broad SMARTS) is 1. The first-order valence-corrected chi connectivity index (χ1v) is 7.45. The normalized spacial score (nSPS) is 12.1. The quantitative estimate of drug-likeness (QED) is 0.524. The second kappa shape index (κ2) is 6.74. The molecule has 2 aromatic carbocycles. The number of ether oxygens (including phenoxy) is 2. The molecule has 5 heteroatoms. The number of fused-ring (bicyclic) bond motifs is 1. The lowest BCUT2D eigenvalue weighted by Gasteiger charge is -2.19. The Hall–Kier alpha value is -2.82. The molecule has 0 saturated heterocycles. The fourth-order valence-electron chi connectivity index (χ4n) is 2.32. The summed E-state index contributed by atoms with van der Waals surface area (Å²) in [6.07, 6.45) is 1.18. The van der Waals surface area contributed by atoms with E-state index in [1.54, 1.807) is 51.1 Å². The van der Waals surface area contributed by atoms with Gasteiger partial charge in [-0.1, -0.05) is 24.3 Å². The Bertz CT molecular complexity index is 812. The van der Waals surface area contributed by atoms with Crippen molar-refractivity contribution < 1.29 is 24.2 Å². The zero-order chi connectivity index (χ0) is 17.9. The summed E-state index contributed by atoms with van der Waals surface area (Å²) in [6.45, 7) is 5.38. The molecule has 1 N–H and O–H groups in total. The van der Waals surface area contributed by atoms with E-state index in [9.17, 15) is 14.7 Å². The van der Waals surface area contributed by atoms with Crippen LogP contribution < -0.4 is 0 Å². The third-order valence-electron chi connectivity index (χ3n) is 3.27. The molecule has 5 nitrogen and oxygen atoms in total. The second-order valence-electron chi connectivity index (χ2n) is 6.32. The first kappa shape index (κ1) is 17.5. The molecule has 0 radical (unpaired) electrons. The number of hydrogen-bond donors (Lipinski definition) is 1. The van der Waals surface area contributed by atoms with E-state index in [0.29, 0.717) is 16.5 Å². The van der Waals surface area contributed by atoms with Gasteiger partial charge in [0, 0.05) is 0 Å². The van der Waals surface area contributed by atoms with Gasteiger partial charge < -0.3 is 14.6 Å². The number of methoxy groups -OCH3 is 1. The molecule has 0 bridgehead atoms.